The normalized spacial score (nSPS) is 12.5. The Balaban J connectivity index is 2.32. The summed E-state index contributed by atoms with van der Waals surface area (Å²) in [6, 6.07) is 0. The molecule has 0 saturated heterocycles. The van der Waals surface area contributed by atoms with E-state index in [1.165, 1.54) is 18.3 Å². The lowest BCUT2D eigenvalue weighted by Crippen LogP contribution is -2.31. The molecular formula is C7H10N2O2S. The zero-order valence-corrected chi connectivity index (χ0v) is 7.47. The van der Waals surface area contributed by atoms with Gasteiger partial charge >= 0.3 is 0 Å². The molecule has 4 nitrogen and oxygen atoms in total. The number of amides is 1. The molecule has 0 aliphatic heterocycles. The van der Waals surface area contributed by atoms with E-state index in [-0.39, 0.29) is 5.91 Å². The molecule has 5 heteroatoms. The molecule has 1 heterocycles. The number of aliphatic hydroxyl groups excluding tert-OH is 1. The van der Waals surface area contributed by atoms with E-state index in [9.17, 15) is 4.79 Å². The number of nitrogens with one attached hydrogen (secondary N) is 1. The Morgan fingerprint density at radius 3 is 3.17 bits per heavy atom. The molecule has 1 aromatic heterocycles. The number of rotatable bonds is 3. The third-order valence-electron chi connectivity index (χ3n) is 1.28. The van der Waals surface area contributed by atoms with E-state index in [1.807, 2.05) is 5.38 Å². The molecule has 0 aliphatic carbocycles. The highest BCUT2D eigenvalue weighted by Crippen LogP contribution is 2.02. The maximum atomic E-state index is 10.9. The number of hydrogen-bond acceptors (Lipinski definition) is 4. The van der Waals surface area contributed by atoms with E-state index in [0.717, 1.165) is 5.01 Å². The summed E-state index contributed by atoms with van der Waals surface area (Å²) < 4.78 is 0. The van der Waals surface area contributed by atoms with E-state index >= 15 is 0 Å². The highest BCUT2D eigenvalue weighted by molar-refractivity contribution is 7.09. The Morgan fingerprint density at radius 1 is 1.92 bits per heavy atom. The molecule has 0 spiro atoms. The zero-order chi connectivity index (χ0) is 8.97. The predicted octanol–water partition coefficient (Wildman–Crippen LogP) is 0.140. The van der Waals surface area contributed by atoms with Crippen molar-refractivity contribution in [1.29, 1.82) is 0 Å². The molecular weight excluding hydrogens is 176 g/mol. The van der Waals surface area contributed by atoms with Crippen molar-refractivity contribution in [2.45, 2.75) is 19.6 Å². The lowest BCUT2D eigenvalue weighted by molar-refractivity contribution is -0.128. The lowest BCUT2D eigenvalue weighted by Gasteiger charge is -2.03. The minimum Gasteiger partial charge on any atom is -0.384 e. The summed E-state index contributed by atoms with van der Waals surface area (Å²) in [5.74, 6) is -0.370. The van der Waals surface area contributed by atoms with E-state index in [2.05, 4.69) is 10.3 Å². The Bertz CT molecular complexity index is 246. The summed E-state index contributed by atoms with van der Waals surface area (Å²) in [4.78, 5) is 14.8. The van der Waals surface area contributed by atoms with Crippen LogP contribution in [0, 0.1) is 0 Å². The van der Waals surface area contributed by atoms with Crippen molar-refractivity contribution in [2.24, 2.45) is 0 Å². The molecule has 0 saturated carbocycles. The van der Waals surface area contributed by atoms with Gasteiger partial charge in [0.25, 0.3) is 0 Å². The molecule has 0 aromatic carbocycles. The second-order valence-corrected chi connectivity index (χ2v) is 3.30. The molecule has 66 valence electrons. The molecule has 1 atom stereocenters. The summed E-state index contributed by atoms with van der Waals surface area (Å²) in [6.07, 6.45) is 0.721. The number of carbonyl (C=O) groups excluding carboxylic acids is 1. The van der Waals surface area contributed by atoms with Gasteiger partial charge in [0, 0.05) is 11.6 Å². The Labute approximate surface area is 74.3 Å². The van der Waals surface area contributed by atoms with Gasteiger partial charge in [0.15, 0.2) is 0 Å². The van der Waals surface area contributed by atoms with Crippen LogP contribution in [0.25, 0.3) is 0 Å². The fourth-order valence-electron chi connectivity index (χ4n) is 0.651. The second kappa shape index (κ2) is 4.18. The fraction of sp³-hybridized carbons (Fsp3) is 0.429. The fourth-order valence-corrected chi connectivity index (χ4v) is 1.21. The second-order valence-electron chi connectivity index (χ2n) is 2.32. The SMILES string of the molecule is C[C@@H](O)C(=O)NCc1nccs1. The molecule has 1 aromatic rings. The first kappa shape index (κ1) is 9.15. The van der Waals surface area contributed by atoms with E-state index in [4.69, 9.17) is 5.11 Å². The standard InChI is InChI=1S/C7H10N2O2S/c1-5(10)7(11)9-4-6-8-2-3-12-6/h2-3,5,10H,4H2,1H3,(H,9,11)/t5-/m1/s1. The monoisotopic (exact) mass is 186 g/mol. The van der Waals surface area contributed by atoms with Crippen LogP contribution in [0.2, 0.25) is 0 Å². The smallest absolute Gasteiger partial charge is 0.248 e. The molecule has 1 rings (SSSR count). The minimum atomic E-state index is -0.954. The van der Waals surface area contributed by atoms with Crippen molar-refractivity contribution in [1.82, 2.24) is 10.3 Å². The summed E-state index contributed by atoms with van der Waals surface area (Å²) >= 11 is 1.47. The van der Waals surface area contributed by atoms with Gasteiger partial charge in [-0.05, 0) is 6.92 Å². The third kappa shape index (κ3) is 2.60. The van der Waals surface area contributed by atoms with Crippen molar-refractivity contribution in [3.8, 4) is 0 Å². The summed E-state index contributed by atoms with van der Waals surface area (Å²) in [6.45, 7) is 1.82. The quantitative estimate of drug-likeness (QED) is 0.705. The van der Waals surface area contributed by atoms with Gasteiger partial charge in [0.2, 0.25) is 5.91 Å². The third-order valence-corrected chi connectivity index (χ3v) is 2.06. The molecule has 0 fully saturated rings. The maximum Gasteiger partial charge on any atom is 0.248 e. The van der Waals surface area contributed by atoms with Gasteiger partial charge < -0.3 is 10.4 Å². The van der Waals surface area contributed by atoms with Gasteiger partial charge in [-0.25, -0.2) is 4.98 Å². The van der Waals surface area contributed by atoms with Gasteiger partial charge in [-0.2, -0.15) is 0 Å². The first-order valence-corrected chi connectivity index (χ1v) is 4.42. The number of thiazole rings is 1. The van der Waals surface area contributed by atoms with Gasteiger partial charge in [0.05, 0.1) is 6.54 Å². The number of hydrogen-bond donors (Lipinski definition) is 2. The average molecular weight is 186 g/mol. The topological polar surface area (TPSA) is 62.2 Å². The Kier molecular flexibility index (Phi) is 3.19. The van der Waals surface area contributed by atoms with Crippen LogP contribution in [-0.2, 0) is 11.3 Å². The van der Waals surface area contributed by atoms with Crippen LogP contribution in [0.15, 0.2) is 11.6 Å². The number of aromatic nitrogens is 1. The molecule has 0 aliphatic rings. The van der Waals surface area contributed by atoms with Crippen LogP contribution in [0.4, 0.5) is 0 Å². The number of carbonyl (C=O) groups is 1. The van der Waals surface area contributed by atoms with Gasteiger partial charge in [-0.1, -0.05) is 0 Å². The largest absolute Gasteiger partial charge is 0.384 e. The maximum absolute atomic E-state index is 10.9. The first-order chi connectivity index (χ1) is 5.70. The highest BCUT2D eigenvalue weighted by Gasteiger charge is 2.07. The predicted molar refractivity (Wildman–Crippen MR) is 45.6 cm³/mol. The average Bonchev–Trinajstić information content (AvgIpc) is 2.51. The van der Waals surface area contributed by atoms with Crippen molar-refractivity contribution in [3.05, 3.63) is 16.6 Å². The molecule has 12 heavy (non-hydrogen) atoms. The van der Waals surface area contributed by atoms with Crippen LogP contribution >= 0.6 is 11.3 Å². The summed E-state index contributed by atoms with van der Waals surface area (Å²) in [5, 5.41) is 14.0. The van der Waals surface area contributed by atoms with Gasteiger partial charge in [-0.15, -0.1) is 11.3 Å². The van der Waals surface area contributed by atoms with Crippen molar-refractivity contribution in [2.75, 3.05) is 0 Å². The van der Waals surface area contributed by atoms with Gasteiger partial charge in [-0.3, -0.25) is 4.79 Å². The van der Waals surface area contributed by atoms with E-state index in [0.29, 0.717) is 6.54 Å². The molecule has 0 bridgehead atoms. The van der Waals surface area contributed by atoms with Crippen LogP contribution in [-0.4, -0.2) is 22.1 Å². The molecule has 0 radical (unpaired) electrons. The summed E-state index contributed by atoms with van der Waals surface area (Å²) in [7, 11) is 0. The van der Waals surface area contributed by atoms with Crippen molar-refractivity contribution >= 4 is 17.2 Å². The molecule has 1 amide bonds. The lowest BCUT2D eigenvalue weighted by atomic mass is 10.4. The number of aliphatic hydroxyl groups is 1. The van der Waals surface area contributed by atoms with Crippen molar-refractivity contribution < 1.29 is 9.90 Å². The molecule has 2 N–H and O–H groups in total. The van der Waals surface area contributed by atoms with Gasteiger partial charge in [0.1, 0.15) is 11.1 Å². The molecule has 0 unspecified atom stereocenters. The minimum absolute atomic E-state index is 0.370. The Hall–Kier alpha value is -0.940. The van der Waals surface area contributed by atoms with Crippen LogP contribution < -0.4 is 5.32 Å². The Morgan fingerprint density at radius 2 is 2.67 bits per heavy atom. The zero-order valence-electron chi connectivity index (χ0n) is 6.65. The summed E-state index contributed by atoms with van der Waals surface area (Å²) in [5.41, 5.74) is 0. The highest BCUT2D eigenvalue weighted by atomic mass is 32.1. The van der Waals surface area contributed by atoms with Crippen LogP contribution in [0.3, 0.4) is 0 Å². The first-order valence-electron chi connectivity index (χ1n) is 3.54. The van der Waals surface area contributed by atoms with Crippen molar-refractivity contribution in [3.63, 3.8) is 0 Å². The van der Waals surface area contributed by atoms with Crippen LogP contribution in [0.1, 0.15) is 11.9 Å². The van der Waals surface area contributed by atoms with E-state index in [1.54, 1.807) is 6.20 Å². The van der Waals surface area contributed by atoms with Crippen LogP contribution in [0.5, 0.6) is 0 Å². The number of nitrogens with zero attached hydrogens (tertiary/aromatic N) is 1. The van der Waals surface area contributed by atoms with E-state index < -0.39 is 6.10 Å².